The lowest BCUT2D eigenvalue weighted by Gasteiger charge is -2.13. The fraction of sp³-hybridized carbons (Fsp3) is 0.348. The van der Waals surface area contributed by atoms with Crippen molar-refractivity contribution in [1.82, 2.24) is 19.7 Å². The normalized spacial score (nSPS) is 11.2. The highest BCUT2D eigenvalue weighted by atomic mass is 35.5. The number of hydrogen-bond acceptors (Lipinski definition) is 7. The van der Waals surface area contributed by atoms with E-state index in [0.717, 1.165) is 16.8 Å². The van der Waals surface area contributed by atoms with Gasteiger partial charge in [-0.2, -0.15) is 18.3 Å². The molecule has 0 atom stereocenters. The van der Waals surface area contributed by atoms with Gasteiger partial charge in [-0.05, 0) is 64.2 Å². The molecule has 14 heteroatoms. The van der Waals surface area contributed by atoms with E-state index in [1.807, 2.05) is 38.9 Å². The van der Waals surface area contributed by atoms with Crippen molar-refractivity contribution in [3.8, 4) is 10.6 Å². The maximum atomic E-state index is 12.9. The Morgan fingerprint density at radius 2 is 1.78 bits per heavy atom. The van der Waals surface area contributed by atoms with Gasteiger partial charge in [-0.3, -0.25) is 9.59 Å². The van der Waals surface area contributed by atoms with Gasteiger partial charge in [0.05, 0.1) is 17.0 Å². The number of benzene rings is 1. The molecule has 0 saturated heterocycles. The fourth-order valence-electron chi connectivity index (χ4n) is 3.12. The quantitative estimate of drug-likeness (QED) is 0.475. The van der Waals surface area contributed by atoms with Crippen LogP contribution in [0.5, 0.6) is 0 Å². The number of carboxylic acids is 1. The van der Waals surface area contributed by atoms with Crippen LogP contribution < -0.4 is 10.9 Å². The van der Waals surface area contributed by atoms with Crippen molar-refractivity contribution < 1.29 is 27.9 Å². The van der Waals surface area contributed by atoms with E-state index < -0.39 is 12.1 Å². The number of carboxylic acid groups (broad SMARTS) is 1. The number of aliphatic carboxylic acids is 1. The number of thiazole rings is 1. The van der Waals surface area contributed by atoms with Crippen LogP contribution in [0.25, 0.3) is 10.6 Å². The molecule has 0 bridgehead atoms. The first kappa shape index (κ1) is 29.9. The summed E-state index contributed by atoms with van der Waals surface area (Å²) in [4.78, 5) is 41.4. The molecule has 3 aromatic rings. The number of rotatable bonds is 5. The summed E-state index contributed by atoms with van der Waals surface area (Å²) in [6, 6.07) is 5.40. The minimum absolute atomic E-state index is 0.232. The number of alkyl halides is 3. The minimum atomic E-state index is -5.08. The SMILES string of the molecule is Cc1nc(-c2c(C)c(C)nn(C)c2=O)sc1C(=O)Nc1ccc(Cl)c(CN(C)C)c1.O=C(O)C(F)(F)F. The summed E-state index contributed by atoms with van der Waals surface area (Å²) in [6.07, 6.45) is -5.08. The number of hydrogen-bond donors (Lipinski definition) is 2. The van der Waals surface area contributed by atoms with Crippen molar-refractivity contribution in [1.29, 1.82) is 0 Å². The topological polar surface area (TPSA) is 117 Å². The molecule has 0 spiro atoms. The number of halogens is 4. The van der Waals surface area contributed by atoms with Crippen LogP contribution in [0.4, 0.5) is 18.9 Å². The van der Waals surface area contributed by atoms with Crippen molar-refractivity contribution in [3.63, 3.8) is 0 Å². The highest BCUT2D eigenvalue weighted by molar-refractivity contribution is 7.17. The summed E-state index contributed by atoms with van der Waals surface area (Å²) >= 11 is 7.47. The summed E-state index contributed by atoms with van der Waals surface area (Å²) in [7, 11) is 5.52. The van der Waals surface area contributed by atoms with Gasteiger partial charge < -0.3 is 15.3 Å². The molecule has 0 saturated carbocycles. The highest BCUT2D eigenvalue weighted by Gasteiger charge is 2.38. The van der Waals surface area contributed by atoms with Gasteiger partial charge in [-0.25, -0.2) is 14.5 Å². The number of amides is 1. The van der Waals surface area contributed by atoms with E-state index in [1.54, 1.807) is 26.1 Å². The average Bonchev–Trinajstić information content (AvgIpc) is 3.15. The number of anilines is 1. The van der Waals surface area contributed by atoms with Gasteiger partial charge in [0.15, 0.2) is 0 Å². The molecule has 0 aliphatic heterocycles. The third kappa shape index (κ3) is 7.60. The second kappa shape index (κ2) is 11.8. The molecule has 3 rings (SSSR count). The van der Waals surface area contributed by atoms with Crippen LogP contribution in [0.3, 0.4) is 0 Å². The zero-order valence-electron chi connectivity index (χ0n) is 20.8. The Morgan fingerprint density at radius 1 is 1.19 bits per heavy atom. The fourth-order valence-corrected chi connectivity index (χ4v) is 4.35. The maximum Gasteiger partial charge on any atom is 0.490 e. The largest absolute Gasteiger partial charge is 0.490 e. The number of nitrogens with zero attached hydrogens (tertiary/aromatic N) is 4. The number of aromatic nitrogens is 3. The highest BCUT2D eigenvalue weighted by Crippen LogP contribution is 2.30. The monoisotopic (exact) mass is 559 g/mol. The molecule has 9 nitrogen and oxygen atoms in total. The molecule has 0 aliphatic carbocycles. The summed E-state index contributed by atoms with van der Waals surface area (Å²) in [5.41, 5.74) is 3.92. The van der Waals surface area contributed by atoms with Gasteiger partial charge in [0.1, 0.15) is 9.88 Å². The molecule has 2 heterocycles. The van der Waals surface area contributed by atoms with Crippen LogP contribution in [0.15, 0.2) is 23.0 Å². The summed E-state index contributed by atoms with van der Waals surface area (Å²) < 4.78 is 33.0. The second-order valence-electron chi connectivity index (χ2n) is 8.25. The first-order valence-electron chi connectivity index (χ1n) is 10.6. The predicted molar refractivity (Wildman–Crippen MR) is 135 cm³/mol. The molecule has 2 N–H and O–H groups in total. The molecule has 0 unspecified atom stereocenters. The molecule has 200 valence electrons. The smallest absolute Gasteiger partial charge is 0.475 e. The Bertz CT molecular complexity index is 1390. The molecular formula is C23H25ClF3N5O4S. The second-order valence-corrected chi connectivity index (χ2v) is 9.66. The van der Waals surface area contributed by atoms with Crippen molar-refractivity contribution >= 4 is 40.5 Å². The van der Waals surface area contributed by atoms with Crippen molar-refractivity contribution in [2.45, 2.75) is 33.5 Å². The van der Waals surface area contributed by atoms with Crippen LogP contribution in [0, 0.1) is 20.8 Å². The third-order valence-corrected chi connectivity index (χ3v) is 6.52. The zero-order chi connectivity index (χ0) is 28.2. The van der Waals surface area contributed by atoms with Gasteiger partial charge in [-0.1, -0.05) is 11.6 Å². The summed E-state index contributed by atoms with van der Waals surface area (Å²) in [6.45, 7) is 6.12. The van der Waals surface area contributed by atoms with Crippen molar-refractivity contribution in [3.05, 3.63) is 61.0 Å². The molecule has 0 radical (unpaired) electrons. The molecular weight excluding hydrogens is 535 g/mol. The van der Waals surface area contributed by atoms with E-state index in [1.165, 1.54) is 16.0 Å². The maximum absolute atomic E-state index is 12.9. The van der Waals surface area contributed by atoms with Gasteiger partial charge in [-0.15, -0.1) is 11.3 Å². The average molecular weight is 560 g/mol. The first-order chi connectivity index (χ1) is 17.0. The summed E-state index contributed by atoms with van der Waals surface area (Å²) in [5.74, 6) is -3.03. The third-order valence-electron chi connectivity index (χ3n) is 4.97. The van der Waals surface area contributed by atoms with Crippen LogP contribution >= 0.6 is 22.9 Å². The van der Waals surface area contributed by atoms with E-state index in [2.05, 4.69) is 15.4 Å². The van der Waals surface area contributed by atoms with E-state index in [4.69, 9.17) is 21.5 Å². The molecule has 1 aromatic carbocycles. The molecule has 0 fully saturated rings. The Morgan fingerprint density at radius 3 is 2.32 bits per heavy atom. The van der Waals surface area contributed by atoms with Crippen LogP contribution in [0.2, 0.25) is 5.02 Å². The van der Waals surface area contributed by atoms with E-state index >= 15 is 0 Å². The number of carbonyl (C=O) groups excluding carboxylic acids is 1. The number of carbonyl (C=O) groups is 2. The standard InChI is InChI=1S/C21H24ClN5O2S.C2HF3O2/c1-11-12(2)25-27(6)21(29)17(11)20-23-13(3)18(30-20)19(28)24-15-7-8-16(22)14(9-15)10-26(4)5;3-2(4,5)1(6)7/h7-9H,10H2,1-6H3,(H,24,28);(H,6,7). The predicted octanol–water partition coefficient (Wildman–Crippen LogP) is 4.43. The summed E-state index contributed by atoms with van der Waals surface area (Å²) in [5, 5.41) is 15.4. The lowest BCUT2D eigenvalue weighted by atomic mass is 10.1. The van der Waals surface area contributed by atoms with E-state index in [-0.39, 0.29) is 11.5 Å². The number of aryl methyl sites for hydroxylation is 3. The van der Waals surface area contributed by atoms with E-state index in [9.17, 15) is 22.8 Å². The van der Waals surface area contributed by atoms with Gasteiger partial charge in [0.25, 0.3) is 11.5 Å². The lowest BCUT2D eigenvalue weighted by molar-refractivity contribution is -0.192. The van der Waals surface area contributed by atoms with Gasteiger partial charge >= 0.3 is 12.1 Å². The van der Waals surface area contributed by atoms with Crippen molar-refractivity contribution in [2.75, 3.05) is 19.4 Å². The van der Waals surface area contributed by atoms with Crippen molar-refractivity contribution in [2.24, 2.45) is 7.05 Å². The molecule has 0 aliphatic rings. The van der Waals surface area contributed by atoms with Crippen LogP contribution in [-0.2, 0) is 18.4 Å². The van der Waals surface area contributed by atoms with Crippen LogP contribution in [-0.4, -0.2) is 56.9 Å². The van der Waals surface area contributed by atoms with Gasteiger partial charge in [0.2, 0.25) is 0 Å². The zero-order valence-corrected chi connectivity index (χ0v) is 22.4. The minimum Gasteiger partial charge on any atom is -0.475 e. The van der Waals surface area contributed by atoms with E-state index in [0.29, 0.717) is 38.4 Å². The van der Waals surface area contributed by atoms with Gasteiger partial charge in [0, 0.05) is 24.3 Å². The van der Waals surface area contributed by atoms with Crippen LogP contribution in [0.1, 0.15) is 32.2 Å². The molecule has 1 amide bonds. The number of nitrogens with one attached hydrogen (secondary N) is 1. The molecule has 2 aromatic heterocycles. The Hall–Kier alpha value is -3.29. The lowest BCUT2D eigenvalue weighted by Crippen LogP contribution is -2.23. The Kier molecular flexibility index (Phi) is 9.58. The molecule has 37 heavy (non-hydrogen) atoms. The Balaban J connectivity index is 0.000000604. The first-order valence-corrected chi connectivity index (χ1v) is 11.8. The Labute approximate surface area is 219 Å².